The minimum atomic E-state index is 0.197. The van der Waals surface area contributed by atoms with Crippen molar-refractivity contribution in [2.45, 2.75) is 13.3 Å². The predicted octanol–water partition coefficient (Wildman–Crippen LogP) is 3.73. The van der Waals surface area contributed by atoms with E-state index < -0.39 is 0 Å². The molecule has 2 aromatic carbocycles. The van der Waals surface area contributed by atoms with E-state index in [1.165, 1.54) is 0 Å². The molecule has 2 heteroatoms. The summed E-state index contributed by atoms with van der Waals surface area (Å²) in [6.45, 7) is 1.62. The molecule has 0 saturated heterocycles. The monoisotopic (exact) mass is 262 g/mol. The first-order chi connectivity index (χ1) is 7.18. The zero-order chi connectivity index (χ0) is 10.8. The summed E-state index contributed by atoms with van der Waals surface area (Å²) in [5.74, 6) is 0.197. The van der Waals surface area contributed by atoms with Gasteiger partial charge in [-0.1, -0.05) is 46.3 Å². The van der Waals surface area contributed by atoms with E-state index in [0.29, 0.717) is 6.42 Å². The molecule has 0 aliphatic rings. The molecule has 0 saturated carbocycles. The maximum atomic E-state index is 11.1. The van der Waals surface area contributed by atoms with Crippen molar-refractivity contribution in [2.75, 3.05) is 0 Å². The van der Waals surface area contributed by atoms with Crippen LogP contribution in [0, 0.1) is 0 Å². The van der Waals surface area contributed by atoms with Gasteiger partial charge in [0.25, 0.3) is 0 Å². The molecule has 1 nitrogen and oxygen atoms in total. The molecule has 0 spiro atoms. The van der Waals surface area contributed by atoms with E-state index in [4.69, 9.17) is 0 Å². The molecule has 0 aliphatic carbocycles. The van der Waals surface area contributed by atoms with E-state index in [0.717, 1.165) is 20.8 Å². The van der Waals surface area contributed by atoms with Crippen LogP contribution in [0.2, 0.25) is 0 Å². The van der Waals surface area contributed by atoms with Crippen LogP contribution < -0.4 is 0 Å². The third-order valence-corrected chi connectivity index (χ3v) is 3.09. The fraction of sp³-hybridized carbons (Fsp3) is 0.154. The van der Waals surface area contributed by atoms with Gasteiger partial charge in [-0.3, -0.25) is 4.79 Å². The van der Waals surface area contributed by atoms with Crippen LogP contribution in [-0.4, -0.2) is 5.78 Å². The van der Waals surface area contributed by atoms with Crippen molar-refractivity contribution in [2.24, 2.45) is 0 Å². The van der Waals surface area contributed by atoms with Crippen LogP contribution in [0.3, 0.4) is 0 Å². The Labute approximate surface area is 97.2 Å². The molecular weight excluding hydrogens is 252 g/mol. The molecule has 2 rings (SSSR count). The number of carbonyl (C=O) groups excluding carboxylic acids is 1. The minimum absolute atomic E-state index is 0.197. The number of halogens is 1. The first-order valence-corrected chi connectivity index (χ1v) is 5.63. The number of fused-ring (bicyclic) bond motifs is 1. The number of benzene rings is 2. The van der Waals surface area contributed by atoms with Crippen LogP contribution in [0.25, 0.3) is 10.8 Å². The van der Waals surface area contributed by atoms with Gasteiger partial charge >= 0.3 is 0 Å². The number of rotatable bonds is 2. The van der Waals surface area contributed by atoms with Gasteiger partial charge < -0.3 is 0 Å². The van der Waals surface area contributed by atoms with Crippen molar-refractivity contribution in [1.82, 2.24) is 0 Å². The lowest BCUT2D eigenvalue weighted by Crippen LogP contribution is -1.97. The van der Waals surface area contributed by atoms with Crippen LogP contribution in [-0.2, 0) is 11.2 Å². The maximum absolute atomic E-state index is 11.1. The minimum Gasteiger partial charge on any atom is -0.300 e. The van der Waals surface area contributed by atoms with Gasteiger partial charge in [0, 0.05) is 10.9 Å². The fourth-order valence-electron chi connectivity index (χ4n) is 1.75. The van der Waals surface area contributed by atoms with Crippen molar-refractivity contribution >= 4 is 32.5 Å². The van der Waals surface area contributed by atoms with Gasteiger partial charge in [0.15, 0.2) is 0 Å². The number of hydrogen-bond acceptors (Lipinski definition) is 1. The van der Waals surface area contributed by atoms with E-state index in [9.17, 15) is 4.79 Å². The molecule has 0 aliphatic heterocycles. The number of carbonyl (C=O) groups is 1. The maximum Gasteiger partial charge on any atom is 0.134 e. The summed E-state index contributed by atoms with van der Waals surface area (Å²) in [5.41, 5.74) is 1.10. The Morgan fingerprint density at radius 1 is 1.13 bits per heavy atom. The molecule has 0 amide bonds. The average molecular weight is 263 g/mol. The first kappa shape index (κ1) is 10.4. The van der Waals surface area contributed by atoms with Crippen LogP contribution >= 0.6 is 15.9 Å². The van der Waals surface area contributed by atoms with Crippen LogP contribution in [0.1, 0.15) is 12.5 Å². The van der Waals surface area contributed by atoms with Crippen LogP contribution in [0.4, 0.5) is 0 Å². The van der Waals surface area contributed by atoms with E-state index in [-0.39, 0.29) is 5.78 Å². The van der Waals surface area contributed by atoms with Crippen molar-refractivity contribution < 1.29 is 4.79 Å². The summed E-state index contributed by atoms with van der Waals surface area (Å²) in [7, 11) is 0. The number of hydrogen-bond donors (Lipinski definition) is 0. The topological polar surface area (TPSA) is 17.1 Å². The highest BCUT2D eigenvalue weighted by Gasteiger charge is 2.05. The van der Waals surface area contributed by atoms with Crippen molar-refractivity contribution in [3.63, 3.8) is 0 Å². The molecule has 0 atom stereocenters. The molecule has 0 radical (unpaired) electrons. The molecule has 0 heterocycles. The summed E-state index contributed by atoms with van der Waals surface area (Å²) in [6, 6.07) is 12.1. The van der Waals surface area contributed by atoms with Crippen LogP contribution in [0.5, 0.6) is 0 Å². The molecule has 0 fully saturated rings. The number of ketones is 1. The van der Waals surface area contributed by atoms with Gasteiger partial charge in [0.2, 0.25) is 0 Å². The Kier molecular flexibility index (Phi) is 2.87. The van der Waals surface area contributed by atoms with Crippen LogP contribution in [0.15, 0.2) is 40.9 Å². The summed E-state index contributed by atoms with van der Waals surface area (Å²) in [6.07, 6.45) is 0.508. The Hall–Kier alpha value is -1.15. The highest BCUT2D eigenvalue weighted by Crippen LogP contribution is 2.27. The van der Waals surface area contributed by atoms with Gasteiger partial charge in [-0.05, 0) is 29.3 Å². The third-order valence-electron chi connectivity index (χ3n) is 2.40. The highest BCUT2D eigenvalue weighted by atomic mass is 79.9. The normalized spacial score (nSPS) is 10.5. The van der Waals surface area contributed by atoms with E-state index in [1.54, 1.807) is 6.92 Å². The van der Waals surface area contributed by atoms with E-state index in [1.807, 2.05) is 24.3 Å². The molecule has 0 bridgehead atoms. The molecule has 0 unspecified atom stereocenters. The quantitative estimate of drug-likeness (QED) is 0.806. The second kappa shape index (κ2) is 4.15. The van der Waals surface area contributed by atoms with Crippen molar-refractivity contribution in [3.8, 4) is 0 Å². The molecule has 0 N–H and O–H groups in total. The van der Waals surface area contributed by atoms with Gasteiger partial charge in [-0.25, -0.2) is 0 Å². The molecular formula is C13H11BrO. The Morgan fingerprint density at radius 3 is 2.47 bits per heavy atom. The lowest BCUT2D eigenvalue weighted by Gasteiger charge is -2.06. The lowest BCUT2D eigenvalue weighted by atomic mass is 10.0. The molecule has 0 aromatic heterocycles. The van der Waals surface area contributed by atoms with Gasteiger partial charge in [-0.15, -0.1) is 0 Å². The van der Waals surface area contributed by atoms with Crippen molar-refractivity contribution in [3.05, 3.63) is 46.4 Å². The van der Waals surface area contributed by atoms with E-state index in [2.05, 4.69) is 28.1 Å². The third kappa shape index (κ3) is 2.10. The van der Waals surface area contributed by atoms with Gasteiger partial charge in [-0.2, -0.15) is 0 Å². The Morgan fingerprint density at radius 2 is 1.80 bits per heavy atom. The summed E-state index contributed by atoms with van der Waals surface area (Å²) >= 11 is 3.51. The average Bonchev–Trinajstić information content (AvgIpc) is 2.22. The predicted molar refractivity (Wildman–Crippen MR) is 66.0 cm³/mol. The van der Waals surface area contributed by atoms with Gasteiger partial charge in [0.1, 0.15) is 5.78 Å². The smallest absolute Gasteiger partial charge is 0.134 e. The standard InChI is InChI=1S/C13H11BrO/c1-9(15)8-10-6-7-13(14)12-5-3-2-4-11(10)12/h2-7H,8H2,1H3. The zero-order valence-corrected chi connectivity index (χ0v) is 10.0. The Balaban J connectivity index is 2.66. The molecule has 15 heavy (non-hydrogen) atoms. The lowest BCUT2D eigenvalue weighted by molar-refractivity contribution is -0.116. The summed E-state index contributed by atoms with van der Waals surface area (Å²) in [4.78, 5) is 11.1. The van der Waals surface area contributed by atoms with Crippen molar-refractivity contribution in [1.29, 1.82) is 0 Å². The Bertz CT molecular complexity index is 517. The number of Topliss-reactive ketones (excluding diaryl/α,β-unsaturated/α-hetero) is 1. The molecule has 76 valence electrons. The highest BCUT2D eigenvalue weighted by molar-refractivity contribution is 9.10. The SMILES string of the molecule is CC(=O)Cc1ccc(Br)c2ccccc12. The van der Waals surface area contributed by atoms with E-state index >= 15 is 0 Å². The summed E-state index contributed by atoms with van der Waals surface area (Å²) < 4.78 is 1.07. The second-order valence-corrected chi connectivity index (χ2v) is 4.49. The van der Waals surface area contributed by atoms with Gasteiger partial charge in [0.05, 0.1) is 0 Å². The fourth-order valence-corrected chi connectivity index (χ4v) is 2.22. The second-order valence-electron chi connectivity index (χ2n) is 3.63. The molecule has 2 aromatic rings. The summed E-state index contributed by atoms with van der Waals surface area (Å²) in [5, 5.41) is 2.32. The zero-order valence-electron chi connectivity index (χ0n) is 8.46. The first-order valence-electron chi connectivity index (χ1n) is 4.84. The largest absolute Gasteiger partial charge is 0.300 e.